The monoisotopic (exact) mass is 192 g/mol. The van der Waals surface area contributed by atoms with Crippen molar-refractivity contribution in [2.75, 3.05) is 26.2 Å². The van der Waals surface area contributed by atoms with Gasteiger partial charge in [-0.25, -0.2) is 0 Å². The van der Waals surface area contributed by atoms with Gasteiger partial charge in [-0.05, 0) is 44.7 Å². The third kappa shape index (κ3) is 2.73. The van der Waals surface area contributed by atoms with Crippen molar-refractivity contribution in [1.29, 1.82) is 0 Å². The van der Waals surface area contributed by atoms with Crippen LogP contribution in [0.5, 0.6) is 0 Å². The first-order valence-electron chi connectivity index (χ1n) is 5.78. The van der Waals surface area contributed by atoms with E-state index in [0.717, 1.165) is 18.5 Å². The number of terminal acetylenes is 1. The van der Waals surface area contributed by atoms with Crippen molar-refractivity contribution in [3.8, 4) is 12.3 Å². The lowest BCUT2D eigenvalue weighted by atomic mass is 9.99. The van der Waals surface area contributed by atoms with Crippen molar-refractivity contribution < 1.29 is 0 Å². The molecule has 1 saturated carbocycles. The first kappa shape index (κ1) is 10.0. The van der Waals surface area contributed by atoms with Crippen LogP contribution in [0.4, 0.5) is 0 Å². The van der Waals surface area contributed by atoms with Gasteiger partial charge in [0.15, 0.2) is 0 Å². The van der Waals surface area contributed by atoms with Gasteiger partial charge in [-0.15, -0.1) is 6.42 Å². The van der Waals surface area contributed by atoms with E-state index < -0.39 is 0 Å². The summed E-state index contributed by atoms with van der Waals surface area (Å²) in [5.74, 6) is 3.62. The molecule has 0 spiro atoms. The highest BCUT2D eigenvalue weighted by Gasteiger charge is 2.30. The highest BCUT2D eigenvalue weighted by Crippen LogP contribution is 2.27. The van der Waals surface area contributed by atoms with Crippen molar-refractivity contribution in [3.63, 3.8) is 0 Å². The molecule has 1 saturated heterocycles. The lowest BCUT2D eigenvalue weighted by Gasteiger charge is -2.28. The lowest BCUT2D eigenvalue weighted by Crippen LogP contribution is -2.39. The Labute approximate surface area is 87.1 Å². The van der Waals surface area contributed by atoms with Gasteiger partial charge in [0.2, 0.25) is 0 Å². The van der Waals surface area contributed by atoms with Crippen molar-refractivity contribution in [2.45, 2.75) is 31.7 Å². The molecule has 1 N–H and O–H groups in total. The second kappa shape index (κ2) is 4.82. The molecule has 0 aromatic carbocycles. The molecule has 1 atom stereocenters. The highest BCUT2D eigenvalue weighted by atomic mass is 15.2. The molecular formula is C12H20N2. The molecule has 0 aromatic rings. The Morgan fingerprint density at radius 2 is 2.21 bits per heavy atom. The van der Waals surface area contributed by atoms with Gasteiger partial charge in [0.1, 0.15) is 0 Å². The molecular weight excluding hydrogens is 172 g/mol. The molecule has 1 unspecified atom stereocenters. The van der Waals surface area contributed by atoms with Gasteiger partial charge in [-0.3, -0.25) is 4.90 Å². The van der Waals surface area contributed by atoms with Crippen LogP contribution >= 0.6 is 0 Å². The largest absolute Gasteiger partial charge is 0.316 e. The molecule has 0 radical (unpaired) electrons. The van der Waals surface area contributed by atoms with E-state index in [9.17, 15) is 0 Å². The summed E-state index contributed by atoms with van der Waals surface area (Å²) in [7, 11) is 0. The molecule has 78 valence electrons. The molecule has 14 heavy (non-hydrogen) atoms. The van der Waals surface area contributed by atoms with Crippen LogP contribution in [0.15, 0.2) is 0 Å². The summed E-state index contributed by atoms with van der Waals surface area (Å²) in [4.78, 5) is 2.50. The average Bonchev–Trinajstić information content (AvgIpc) is 3.02. The fourth-order valence-corrected chi connectivity index (χ4v) is 2.31. The zero-order chi connectivity index (χ0) is 9.80. The Kier molecular flexibility index (Phi) is 3.44. The number of rotatable bonds is 4. The van der Waals surface area contributed by atoms with Crippen molar-refractivity contribution in [3.05, 3.63) is 0 Å². The summed E-state index contributed by atoms with van der Waals surface area (Å²) in [6, 6.07) is 0.813. The molecule has 0 bridgehead atoms. The van der Waals surface area contributed by atoms with E-state index in [4.69, 9.17) is 6.42 Å². The molecule has 2 heteroatoms. The quantitative estimate of drug-likeness (QED) is 0.671. The normalized spacial score (nSPS) is 27.6. The van der Waals surface area contributed by atoms with Gasteiger partial charge in [0, 0.05) is 12.6 Å². The van der Waals surface area contributed by atoms with Gasteiger partial charge < -0.3 is 5.32 Å². The molecule has 1 aliphatic heterocycles. The van der Waals surface area contributed by atoms with Crippen LogP contribution in [-0.2, 0) is 0 Å². The van der Waals surface area contributed by atoms with Gasteiger partial charge >= 0.3 is 0 Å². The zero-order valence-corrected chi connectivity index (χ0v) is 8.84. The maximum Gasteiger partial charge on any atom is 0.0601 e. The fourth-order valence-electron chi connectivity index (χ4n) is 2.31. The molecule has 2 nitrogen and oxygen atoms in total. The van der Waals surface area contributed by atoms with E-state index in [-0.39, 0.29) is 0 Å². The highest BCUT2D eigenvalue weighted by molar-refractivity contribution is 4.95. The molecule has 2 rings (SSSR count). The molecule has 1 heterocycles. The van der Waals surface area contributed by atoms with Crippen LogP contribution in [0.25, 0.3) is 0 Å². The summed E-state index contributed by atoms with van der Waals surface area (Å²) >= 11 is 0. The van der Waals surface area contributed by atoms with Gasteiger partial charge in [-0.2, -0.15) is 0 Å². The summed E-state index contributed by atoms with van der Waals surface area (Å²) in [5, 5.41) is 3.46. The minimum Gasteiger partial charge on any atom is -0.316 e. The van der Waals surface area contributed by atoms with Crippen LogP contribution < -0.4 is 5.32 Å². The van der Waals surface area contributed by atoms with Crippen molar-refractivity contribution in [2.24, 2.45) is 5.92 Å². The Morgan fingerprint density at radius 3 is 2.79 bits per heavy atom. The summed E-state index contributed by atoms with van der Waals surface area (Å²) < 4.78 is 0. The topological polar surface area (TPSA) is 15.3 Å². The lowest BCUT2D eigenvalue weighted by molar-refractivity contribution is 0.220. The van der Waals surface area contributed by atoms with Crippen LogP contribution in [0, 0.1) is 18.3 Å². The third-order valence-corrected chi connectivity index (χ3v) is 3.25. The third-order valence-electron chi connectivity index (χ3n) is 3.25. The van der Waals surface area contributed by atoms with E-state index in [0.29, 0.717) is 0 Å². The summed E-state index contributed by atoms with van der Waals surface area (Å²) in [6.45, 7) is 4.45. The maximum absolute atomic E-state index is 5.39. The summed E-state index contributed by atoms with van der Waals surface area (Å²) in [5.41, 5.74) is 0. The van der Waals surface area contributed by atoms with Crippen LogP contribution in [0.3, 0.4) is 0 Å². The Morgan fingerprint density at radius 1 is 1.36 bits per heavy atom. The molecule has 0 aromatic heterocycles. The van der Waals surface area contributed by atoms with E-state index in [1.165, 1.54) is 45.3 Å². The van der Waals surface area contributed by atoms with Gasteiger partial charge in [0.25, 0.3) is 0 Å². The Bertz CT molecular complexity index is 209. The van der Waals surface area contributed by atoms with E-state index in [1.807, 2.05) is 0 Å². The standard InChI is InChI=1S/C12H20N2/c1-2-8-14(12-5-6-12)10-11-4-3-7-13-9-11/h1,11-13H,3-10H2. The number of nitrogens with one attached hydrogen (secondary N) is 1. The molecule has 1 aliphatic carbocycles. The maximum atomic E-state index is 5.39. The fraction of sp³-hybridized carbons (Fsp3) is 0.833. The SMILES string of the molecule is C#CCN(CC1CCCNC1)C1CC1. The first-order valence-corrected chi connectivity index (χ1v) is 5.78. The number of piperidine rings is 1. The van der Waals surface area contributed by atoms with Crippen LogP contribution in [0.2, 0.25) is 0 Å². The number of hydrogen-bond acceptors (Lipinski definition) is 2. The second-order valence-electron chi connectivity index (χ2n) is 4.58. The zero-order valence-electron chi connectivity index (χ0n) is 8.84. The minimum absolute atomic E-state index is 0.813. The smallest absolute Gasteiger partial charge is 0.0601 e. The van der Waals surface area contributed by atoms with Crippen LogP contribution in [-0.4, -0.2) is 37.1 Å². The van der Waals surface area contributed by atoms with E-state index >= 15 is 0 Å². The van der Waals surface area contributed by atoms with Crippen molar-refractivity contribution in [1.82, 2.24) is 10.2 Å². The van der Waals surface area contributed by atoms with E-state index in [1.54, 1.807) is 0 Å². The first-order chi connectivity index (χ1) is 6.90. The molecule has 0 amide bonds. The average molecular weight is 192 g/mol. The minimum atomic E-state index is 0.813. The Balaban J connectivity index is 1.77. The number of nitrogens with zero attached hydrogens (tertiary/aromatic N) is 1. The van der Waals surface area contributed by atoms with Crippen LogP contribution in [0.1, 0.15) is 25.7 Å². The molecule has 2 aliphatic rings. The number of hydrogen-bond donors (Lipinski definition) is 1. The summed E-state index contributed by atoms with van der Waals surface area (Å²) in [6.07, 6.45) is 10.8. The van der Waals surface area contributed by atoms with Gasteiger partial charge in [0.05, 0.1) is 6.54 Å². The Hall–Kier alpha value is -0.520. The second-order valence-corrected chi connectivity index (χ2v) is 4.58. The van der Waals surface area contributed by atoms with Crippen molar-refractivity contribution >= 4 is 0 Å². The predicted molar refractivity (Wildman–Crippen MR) is 59.0 cm³/mol. The predicted octanol–water partition coefficient (Wildman–Crippen LogP) is 1.08. The van der Waals surface area contributed by atoms with Gasteiger partial charge in [-0.1, -0.05) is 5.92 Å². The molecule has 2 fully saturated rings. The van der Waals surface area contributed by atoms with E-state index in [2.05, 4.69) is 16.1 Å².